The van der Waals surface area contributed by atoms with Crippen LogP contribution in [0.15, 0.2) is 76.0 Å². The van der Waals surface area contributed by atoms with Gasteiger partial charge in [0.25, 0.3) is 0 Å². The molecule has 0 unspecified atom stereocenters. The molecule has 0 aliphatic rings. The van der Waals surface area contributed by atoms with Crippen LogP contribution in [-0.4, -0.2) is 18.8 Å². The molecule has 0 fully saturated rings. The summed E-state index contributed by atoms with van der Waals surface area (Å²) in [5, 5.41) is 4.95. The van der Waals surface area contributed by atoms with Crippen molar-refractivity contribution in [1.29, 1.82) is 0 Å². The van der Waals surface area contributed by atoms with Crippen LogP contribution in [0.25, 0.3) is 21.9 Å². The lowest BCUT2D eigenvalue weighted by Gasteiger charge is -2.10. The molecule has 136 valence electrons. The van der Waals surface area contributed by atoms with Crippen molar-refractivity contribution in [2.24, 2.45) is 0 Å². The number of nitrogens with one attached hydrogen (secondary N) is 1. The molecule has 1 heterocycles. The highest BCUT2D eigenvalue weighted by atomic mass is 32.2. The van der Waals surface area contributed by atoms with E-state index < -0.39 is 0 Å². The molecule has 5 heteroatoms. The zero-order valence-electron chi connectivity index (χ0n) is 14.9. The van der Waals surface area contributed by atoms with Crippen molar-refractivity contribution in [3.8, 4) is 5.75 Å². The van der Waals surface area contributed by atoms with E-state index in [0.29, 0.717) is 23.6 Å². The summed E-state index contributed by atoms with van der Waals surface area (Å²) in [5.74, 6) is 1.29. The fourth-order valence-electron chi connectivity index (χ4n) is 3.01. The van der Waals surface area contributed by atoms with Crippen LogP contribution in [0.4, 0.5) is 5.69 Å². The number of anilines is 1. The van der Waals surface area contributed by atoms with E-state index in [4.69, 9.17) is 9.15 Å². The second-order valence-corrected chi connectivity index (χ2v) is 7.27. The number of amides is 1. The van der Waals surface area contributed by atoms with Gasteiger partial charge in [-0.05, 0) is 24.3 Å². The number of rotatable bonds is 6. The number of carbonyl (C=O) groups is 1. The van der Waals surface area contributed by atoms with Crippen LogP contribution in [0, 0.1) is 0 Å². The number of benzene rings is 3. The predicted molar refractivity (Wildman–Crippen MR) is 111 cm³/mol. The van der Waals surface area contributed by atoms with Crippen molar-refractivity contribution in [2.75, 3.05) is 18.2 Å². The summed E-state index contributed by atoms with van der Waals surface area (Å²) in [6, 6.07) is 21.7. The zero-order valence-corrected chi connectivity index (χ0v) is 15.7. The summed E-state index contributed by atoms with van der Waals surface area (Å²) in [5.41, 5.74) is 2.17. The molecular weight excluding hydrogens is 358 g/mol. The van der Waals surface area contributed by atoms with Crippen molar-refractivity contribution in [2.45, 2.75) is 11.3 Å². The smallest absolute Gasteiger partial charge is 0.225 e. The van der Waals surface area contributed by atoms with Gasteiger partial charge in [0.05, 0.1) is 12.8 Å². The maximum atomic E-state index is 12.4. The summed E-state index contributed by atoms with van der Waals surface area (Å²) < 4.78 is 11.4. The van der Waals surface area contributed by atoms with E-state index in [1.54, 1.807) is 18.9 Å². The molecular formula is C22H19NO3S. The number of methoxy groups -OCH3 is 1. The Morgan fingerprint density at radius 3 is 2.59 bits per heavy atom. The van der Waals surface area contributed by atoms with Gasteiger partial charge in [0, 0.05) is 33.9 Å². The molecule has 0 aliphatic heterocycles. The standard InChI is InChI=1S/C22H19NO3S/c1-25-21-13-17-16-9-5-6-10-19(16)26-20(17)14-18(21)23-22(24)11-12-27-15-7-3-2-4-8-15/h2-10,13-14H,11-12H2,1H3,(H,23,24). The Kier molecular flexibility index (Phi) is 5.03. The van der Waals surface area contributed by atoms with Gasteiger partial charge in [0.2, 0.25) is 5.91 Å². The summed E-state index contributed by atoms with van der Waals surface area (Å²) in [6.07, 6.45) is 0.418. The molecule has 0 spiro atoms. The average Bonchev–Trinajstić information content (AvgIpc) is 3.05. The van der Waals surface area contributed by atoms with Gasteiger partial charge in [-0.2, -0.15) is 0 Å². The number of thioether (sulfide) groups is 1. The largest absolute Gasteiger partial charge is 0.495 e. The maximum Gasteiger partial charge on any atom is 0.225 e. The van der Waals surface area contributed by atoms with Gasteiger partial charge in [-0.1, -0.05) is 36.4 Å². The molecule has 0 radical (unpaired) electrons. The fraction of sp³-hybridized carbons (Fsp3) is 0.136. The van der Waals surface area contributed by atoms with Gasteiger partial charge >= 0.3 is 0 Å². The van der Waals surface area contributed by atoms with Gasteiger partial charge in [-0.15, -0.1) is 11.8 Å². The molecule has 0 atom stereocenters. The average molecular weight is 377 g/mol. The summed E-state index contributed by atoms with van der Waals surface area (Å²) in [4.78, 5) is 13.5. The Morgan fingerprint density at radius 1 is 1.00 bits per heavy atom. The molecule has 1 N–H and O–H groups in total. The van der Waals surface area contributed by atoms with Crippen LogP contribution in [-0.2, 0) is 4.79 Å². The third-order valence-corrected chi connectivity index (χ3v) is 5.33. The minimum Gasteiger partial charge on any atom is -0.495 e. The first kappa shape index (κ1) is 17.5. The molecule has 4 aromatic rings. The number of carbonyl (C=O) groups excluding carboxylic acids is 1. The van der Waals surface area contributed by atoms with E-state index in [1.807, 2.05) is 66.7 Å². The number of ether oxygens (including phenoxy) is 1. The van der Waals surface area contributed by atoms with E-state index in [9.17, 15) is 4.79 Å². The molecule has 3 aromatic carbocycles. The summed E-state index contributed by atoms with van der Waals surface area (Å²) in [6.45, 7) is 0. The van der Waals surface area contributed by atoms with Gasteiger partial charge < -0.3 is 14.5 Å². The fourth-order valence-corrected chi connectivity index (χ4v) is 3.88. The van der Waals surface area contributed by atoms with E-state index in [0.717, 1.165) is 26.8 Å². The number of furan rings is 1. The normalized spacial score (nSPS) is 11.0. The minimum atomic E-state index is -0.0489. The topological polar surface area (TPSA) is 51.5 Å². The van der Waals surface area contributed by atoms with Crippen molar-refractivity contribution < 1.29 is 13.9 Å². The summed E-state index contributed by atoms with van der Waals surface area (Å²) >= 11 is 1.66. The molecule has 0 bridgehead atoms. The Morgan fingerprint density at radius 2 is 1.78 bits per heavy atom. The monoisotopic (exact) mass is 377 g/mol. The van der Waals surface area contributed by atoms with Crippen molar-refractivity contribution in [1.82, 2.24) is 0 Å². The number of para-hydroxylation sites is 1. The Balaban J connectivity index is 1.50. The molecule has 1 amide bonds. The zero-order chi connectivity index (χ0) is 18.6. The Hall–Kier alpha value is -2.92. The first-order valence-corrected chi connectivity index (χ1v) is 9.70. The molecule has 4 nitrogen and oxygen atoms in total. The SMILES string of the molecule is COc1cc2c(cc1NC(=O)CCSc1ccccc1)oc1ccccc12. The van der Waals surface area contributed by atoms with E-state index in [-0.39, 0.29) is 5.91 Å². The maximum absolute atomic E-state index is 12.4. The van der Waals surface area contributed by atoms with Crippen LogP contribution in [0.5, 0.6) is 5.75 Å². The van der Waals surface area contributed by atoms with E-state index in [1.165, 1.54) is 0 Å². The van der Waals surface area contributed by atoms with Crippen molar-refractivity contribution in [3.05, 3.63) is 66.7 Å². The van der Waals surface area contributed by atoms with Crippen molar-refractivity contribution >= 4 is 45.3 Å². The predicted octanol–water partition coefficient (Wildman–Crippen LogP) is 5.72. The van der Waals surface area contributed by atoms with Gasteiger partial charge in [-0.3, -0.25) is 4.79 Å². The lowest BCUT2D eigenvalue weighted by atomic mass is 10.1. The Labute approximate surface area is 161 Å². The lowest BCUT2D eigenvalue weighted by molar-refractivity contribution is -0.115. The highest BCUT2D eigenvalue weighted by molar-refractivity contribution is 7.99. The second kappa shape index (κ2) is 7.76. The van der Waals surface area contributed by atoms with E-state index in [2.05, 4.69) is 5.32 Å². The van der Waals surface area contributed by atoms with Crippen LogP contribution in [0.3, 0.4) is 0 Å². The van der Waals surface area contributed by atoms with Gasteiger partial charge in [0.1, 0.15) is 16.9 Å². The lowest BCUT2D eigenvalue weighted by Crippen LogP contribution is -2.12. The molecule has 0 aliphatic carbocycles. The van der Waals surface area contributed by atoms with Crippen LogP contribution in [0.2, 0.25) is 0 Å². The summed E-state index contributed by atoms with van der Waals surface area (Å²) in [7, 11) is 1.60. The molecule has 0 saturated heterocycles. The number of hydrogen-bond donors (Lipinski definition) is 1. The molecule has 27 heavy (non-hydrogen) atoms. The van der Waals surface area contributed by atoms with Crippen LogP contribution < -0.4 is 10.1 Å². The highest BCUT2D eigenvalue weighted by Gasteiger charge is 2.14. The van der Waals surface area contributed by atoms with Crippen LogP contribution >= 0.6 is 11.8 Å². The molecule has 1 aromatic heterocycles. The third kappa shape index (κ3) is 3.78. The molecule has 0 saturated carbocycles. The quantitative estimate of drug-likeness (QED) is 0.437. The molecule has 4 rings (SSSR count). The highest BCUT2D eigenvalue weighted by Crippen LogP contribution is 2.36. The number of fused-ring (bicyclic) bond motifs is 3. The minimum absolute atomic E-state index is 0.0489. The first-order chi connectivity index (χ1) is 13.2. The Bertz CT molecular complexity index is 1090. The van der Waals surface area contributed by atoms with Crippen molar-refractivity contribution in [3.63, 3.8) is 0 Å². The first-order valence-electron chi connectivity index (χ1n) is 8.71. The van der Waals surface area contributed by atoms with Gasteiger partial charge in [-0.25, -0.2) is 0 Å². The third-order valence-electron chi connectivity index (χ3n) is 4.31. The van der Waals surface area contributed by atoms with E-state index >= 15 is 0 Å². The number of hydrogen-bond acceptors (Lipinski definition) is 4. The van der Waals surface area contributed by atoms with Gasteiger partial charge in [0.15, 0.2) is 0 Å². The van der Waals surface area contributed by atoms with Crippen LogP contribution in [0.1, 0.15) is 6.42 Å². The second-order valence-electron chi connectivity index (χ2n) is 6.11.